The summed E-state index contributed by atoms with van der Waals surface area (Å²) in [5, 5.41) is 0. The van der Waals surface area contributed by atoms with E-state index in [1.165, 1.54) is 12.1 Å². The summed E-state index contributed by atoms with van der Waals surface area (Å²) in [7, 11) is 1.65. The second-order valence-corrected chi connectivity index (χ2v) is 3.73. The van der Waals surface area contributed by atoms with Crippen LogP contribution in [-0.2, 0) is 11.3 Å². The van der Waals surface area contributed by atoms with Gasteiger partial charge >= 0.3 is 0 Å². The molecule has 2 N–H and O–H groups in total. The van der Waals surface area contributed by atoms with Crippen molar-refractivity contribution in [3.8, 4) is 0 Å². The van der Waals surface area contributed by atoms with E-state index in [9.17, 15) is 13.6 Å². The monoisotopic (exact) mass is 228 g/mol. The molecule has 0 heterocycles. The van der Waals surface area contributed by atoms with E-state index in [0.29, 0.717) is 5.56 Å². The highest BCUT2D eigenvalue weighted by atomic mass is 19.1. The van der Waals surface area contributed by atoms with Crippen LogP contribution in [0.5, 0.6) is 0 Å². The molecule has 0 aliphatic rings. The van der Waals surface area contributed by atoms with E-state index in [-0.39, 0.29) is 6.54 Å². The molecule has 1 aromatic rings. The molecular weight excluding hydrogens is 214 g/mol. The highest BCUT2D eigenvalue weighted by Crippen LogP contribution is 2.12. The zero-order chi connectivity index (χ0) is 12.3. The van der Waals surface area contributed by atoms with Crippen LogP contribution in [0.1, 0.15) is 12.5 Å². The van der Waals surface area contributed by atoms with Gasteiger partial charge in [0.2, 0.25) is 5.91 Å². The van der Waals surface area contributed by atoms with Crippen LogP contribution in [0.3, 0.4) is 0 Å². The van der Waals surface area contributed by atoms with Crippen molar-refractivity contribution in [3.05, 3.63) is 35.4 Å². The molecule has 1 atom stereocenters. The van der Waals surface area contributed by atoms with Gasteiger partial charge in [-0.05, 0) is 20.0 Å². The Kier molecular flexibility index (Phi) is 3.95. The predicted octanol–water partition coefficient (Wildman–Crippen LogP) is 1.27. The minimum Gasteiger partial charge on any atom is -0.368 e. The number of likely N-dealkylation sites (N-methyl/N-ethyl adjacent to an activating group) is 1. The number of rotatable bonds is 4. The third kappa shape index (κ3) is 3.00. The number of primary amides is 1. The van der Waals surface area contributed by atoms with Gasteiger partial charge in [-0.3, -0.25) is 9.69 Å². The van der Waals surface area contributed by atoms with Gasteiger partial charge in [-0.25, -0.2) is 8.78 Å². The van der Waals surface area contributed by atoms with Gasteiger partial charge in [-0.2, -0.15) is 0 Å². The summed E-state index contributed by atoms with van der Waals surface area (Å²) >= 11 is 0. The molecule has 0 saturated carbocycles. The van der Waals surface area contributed by atoms with E-state index >= 15 is 0 Å². The van der Waals surface area contributed by atoms with Crippen LogP contribution in [0.4, 0.5) is 8.78 Å². The summed E-state index contributed by atoms with van der Waals surface area (Å²) < 4.78 is 25.9. The maximum atomic E-state index is 13.3. The quantitative estimate of drug-likeness (QED) is 0.843. The lowest BCUT2D eigenvalue weighted by molar-refractivity contribution is -0.122. The first-order valence-electron chi connectivity index (χ1n) is 4.85. The number of hydrogen-bond acceptors (Lipinski definition) is 2. The Morgan fingerprint density at radius 2 is 2.12 bits per heavy atom. The van der Waals surface area contributed by atoms with Gasteiger partial charge in [-0.1, -0.05) is 6.07 Å². The molecule has 16 heavy (non-hydrogen) atoms. The normalized spacial score (nSPS) is 12.8. The molecule has 0 fully saturated rings. The van der Waals surface area contributed by atoms with Gasteiger partial charge in [0.15, 0.2) is 0 Å². The molecule has 0 aliphatic heterocycles. The molecule has 1 rings (SSSR count). The van der Waals surface area contributed by atoms with Crippen molar-refractivity contribution in [1.29, 1.82) is 0 Å². The lowest BCUT2D eigenvalue weighted by Crippen LogP contribution is -2.39. The first-order valence-corrected chi connectivity index (χ1v) is 4.85. The molecule has 88 valence electrons. The maximum absolute atomic E-state index is 13.3. The molecule has 0 aromatic heterocycles. The topological polar surface area (TPSA) is 46.3 Å². The van der Waals surface area contributed by atoms with Crippen LogP contribution in [0, 0.1) is 11.6 Å². The Morgan fingerprint density at radius 3 is 2.62 bits per heavy atom. The molecule has 0 spiro atoms. The average molecular weight is 228 g/mol. The van der Waals surface area contributed by atoms with Gasteiger partial charge in [0.25, 0.3) is 0 Å². The lowest BCUT2D eigenvalue weighted by Gasteiger charge is -2.22. The lowest BCUT2D eigenvalue weighted by atomic mass is 10.1. The first kappa shape index (κ1) is 12.6. The number of nitrogens with zero attached hydrogens (tertiary/aromatic N) is 1. The van der Waals surface area contributed by atoms with Crippen molar-refractivity contribution < 1.29 is 13.6 Å². The van der Waals surface area contributed by atoms with Crippen molar-refractivity contribution in [2.75, 3.05) is 7.05 Å². The third-order valence-electron chi connectivity index (χ3n) is 2.51. The smallest absolute Gasteiger partial charge is 0.234 e. The highest BCUT2D eigenvalue weighted by molar-refractivity contribution is 5.79. The highest BCUT2D eigenvalue weighted by Gasteiger charge is 2.16. The molecule has 0 aliphatic carbocycles. The van der Waals surface area contributed by atoms with Crippen molar-refractivity contribution in [2.45, 2.75) is 19.5 Å². The Labute approximate surface area is 92.8 Å². The van der Waals surface area contributed by atoms with Crippen LogP contribution in [-0.4, -0.2) is 23.9 Å². The van der Waals surface area contributed by atoms with Crippen LogP contribution >= 0.6 is 0 Å². The SMILES string of the molecule is C[C@@H](C(N)=O)N(C)Cc1ccc(F)cc1F. The molecule has 0 saturated heterocycles. The Bertz CT molecular complexity index is 396. The Hall–Kier alpha value is -1.49. The van der Waals surface area contributed by atoms with E-state index in [1.807, 2.05) is 0 Å². The molecule has 1 aromatic carbocycles. The van der Waals surface area contributed by atoms with Gasteiger partial charge in [0, 0.05) is 18.2 Å². The van der Waals surface area contributed by atoms with Crippen LogP contribution in [0.15, 0.2) is 18.2 Å². The molecular formula is C11H14F2N2O. The van der Waals surface area contributed by atoms with E-state index < -0.39 is 23.6 Å². The van der Waals surface area contributed by atoms with E-state index in [2.05, 4.69) is 0 Å². The van der Waals surface area contributed by atoms with Gasteiger partial charge < -0.3 is 5.73 Å². The second kappa shape index (κ2) is 5.03. The summed E-state index contributed by atoms with van der Waals surface area (Å²) in [5.41, 5.74) is 5.45. The van der Waals surface area contributed by atoms with Crippen LogP contribution in [0.2, 0.25) is 0 Å². The number of carbonyl (C=O) groups is 1. The fourth-order valence-electron chi connectivity index (χ4n) is 1.27. The fourth-order valence-corrected chi connectivity index (χ4v) is 1.27. The van der Waals surface area contributed by atoms with Gasteiger partial charge in [0.05, 0.1) is 6.04 Å². The minimum atomic E-state index is -0.622. The number of amides is 1. The fraction of sp³-hybridized carbons (Fsp3) is 0.364. The van der Waals surface area contributed by atoms with Crippen molar-refractivity contribution in [3.63, 3.8) is 0 Å². The number of hydrogen-bond donors (Lipinski definition) is 1. The number of carbonyl (C=O) groups excluding carboxylic acids is 1. The standard InChI is InChI=1S/C11H14F2N2O/c1-7(11(14)16)15(2)6-8-3-4-9(12)5-10(8)13/h3-5,7H,6H2,1-2H3,(H2,14,16)/t7-/m0/s1. The Morgan fingerprint density at radius 1 is 1.50 bits per heavy atom. The molecule has 0 unspecified atom stereocenters. The minimum absolute atomic E-state index is 0.205. The summed E-state index contributed by atoms with van der Waals surface area (Å²) in [6.07, 6.45) is 0. The van der Waals surface area contributed by atoms with Gasteiger partial charge in [-0.15, -0.1) is 0 Å². The first-order chi connectivity index (χ1) is 7.41. The number of benzene rings is 1. The largest absolute Gasteiger partial charge is 0.368 e. The summed E-state index contributed by atoms with van der Waals surface area (Å²) in [5.74, 6) is -1.72. The second-order valence-electron chi connectivity index (χ2n) is 3.73. The number of nitrogens with two attached hydrogens (primary N) is 1. The number of halogens is 2. The zero-order valence-corrected chi connectivity index (χ0v) is 9.21. The maximum Gasteiger partial charge on any atom is 0.234 e. The van der Waals surface area contributed by atoms with Crippen molar-refractivity contribution in [1.82, 2.24) is 4.90 Å². The van der Waals surface area contributed by atoms with E-state index in [0.717, 1.165) is 6.07 Å². The molecule has 0 bridgehead atoms. The molecule has 5 heteroatoms. The molecule has 0 radical (unpaired) electrons. The average Bonchev–Trinajstić information content (AvgIpc) is 2.20. The van der Waals surface area contributed by atoms with Gasteiger partial charge in [0.1, 0.15) is 11.6 Å². The summed E-state index contributed by atoms with van der Waals surface area (Å²) in [6.45, 7) is 1.83. The predicted molar refractivity (Wildman–Crippen MR) is 56.5 cm³/mol. The Balaban J connectivity index is 2.77. The summed E-state index contributed by atoms with van der Waals surface area (Å²) in [4.78, 5) is 12.5. The van der Waals surface area contributed by atoms with Crippen molar-refractivity contribution in [2.24, 2.45) is 5.73 Å². The van der Waals surface area contributed by atoms with Crippen molar-refractivity contribution >= 4 is 5.91 Å². The summed E-state index contributed by atoms with van der Waals surface area (Å²) in [6, 6.07) is 2.86. The van der Waals surface area contributed by atoms with Crippen LogP contribution in [0.25, 0.3) is 0 Å². The zero-order valence-electron chi connectivity index (χ0n) is 9.21. The molecule has 3 nitrogen and oxygen atoms in total. The van der Waals surface area contributed by atoms with E-state index in [4.69, 9.17) is 5.73 Å². The van der Waals surface area contributed by atoms with E-state index in [1.54, 1.807) is 18.9 Å². The molecule has 1 amide bonds. The third-order valence-corrected chi connectivity index (χ3v) is 2.51. The van der Waals surface area contributed by atoms with Crippen LogP contribution < -0.4 is 5.73 Å².